The van der Waals surface area contributed by atoms with Gasteiger partial charge in [-0.1, -0.05) is 12.1 Å². The summed E-state index contributed by atoms with van der Waals surface area (Å²) in [5.41, 5.74) is -0.162. The minimum absolute atomic E-state index is 0.0880. The molecule has 5 nitrogen and oxygen atoms in total. The zero-order valence-electron chi connectivity index (χ0n) is 11.1. The van der Waals surface area contributed by atoms with Crippen molar-refractivity contribution >= 4 is 5.69 Å². The Morgan fingerprint density at radius 1 is 1.53 bits per heavy atom. The van der Waals surface area contributed by atoms with E-state index in [9.17, 15) is 14.5 Å². The normalized spacial score (nSPS) is 19.3. The summed E-state index contributed by atoms with van der Waals surface area (Å²) in [6.45, 7) is 7.02. The van der Waals surface area contributed by atoms with Crippen LogP contribution in [0.25, 0.3) is 0 Å². The lowest BCUT2D eigenvalue weighted by molar-refractivity contribution is -0.387. The van der Waals surface area contributed by atoms with Crippen LogP contribution in [-0.4, -0.2) is 35.0 Å². The maximum Gasteiger partial charge on any atom is 0.305 e. The van der Waals surface area contributed by atoms with Crippen LogP contribution in [-0.2, 0) is 6.54 Å². The van der Waals surface area contributed by atoms with Crippen molar-refractivity contribution in [2.75, 3.05) is 19.6 Å². The van der Waals surface area contributed by atoms with Crippen molar-refractivity contribution in [1.82, 2.24) is 10.2 Å². The molecule has 0 aliphatic carbocycles. The molecule has 1 aromatic carbocycles. The molecule has 0 atom stereocenters. The first-order valence-corrected chi connectivity index (χ1v) is 6.29. The summed E-state index contributed by atoms with van der Waals surface area (Å²) in [6, 6.07) is 4.34. The van der Waals surface area contributed by atoms with Gasteiger partial charge in [0.2, 0.25) is 5.82 Å². The molecule has 1 saturated heterocycles. The molecule has 0 amide bonds. The fourth-order valence-corrected chi connectivity index (χ4v) is 2.35. The predicted molar refractivity (Wildman–Crippen MR) is 70.4 cm³/mol. The highest BCUT2D eigenvalue weighted by atomic mass is 19.1. The van der Waals surface area contributed by atoms with Crippen molar-refractivity contribution in [3.63, 3.8) is 0 Å². The zero-order chi connectivity index (χ0) is 14.0. The van der Waals surface area contributed by atoms with Gasteiger partial charge in [-0.25, -0.2) is 0 Å². The van der Waals surface area contributed by atoms with E-state index in [-0.39, 0.29) is 5.54 Å². The molecular weight excluding hydrogens is 249 g/mol. The molecule has 2 rings (SSSR count). The smallest absolute Gasteiger partial charge is 0.305 e. The van der Waals surface area contributed by atoms with Gasteiger partial charge in [0.15, 0.2) is 0 Å². The number of benzene rings is 1. The van der Waals surface area contributed by atoms with E-state index in [4.69, 9.17) is 0 Å². The molecular formula is C13H18FN3O2. The predicted octanol–water partition coefficient (Wildman–Crippen LogP) is 1.92. The Labute approximate surface area is 111 Å². The van der Waals surface area contributed by atoms with Crippen LogP contribution in [0.2, 0.25) is 0 Å². The molecule has 1 aliphatic heterocycles. The Morgan fingerprint density at radius 3 is 2.89 bits per heavy atom. The molecule has 6 heteroatoms. The molecule has 0 unspecified atom stereocenters. The standard InChI is InChI=1S/C13H18FN3O2/c1-13(2)9-15-6-7-16(13)8-10-4-3-5-11(12(10)14)17(18)19/h3-5,15H,6-9H2,1-2H3. The number of nitrogens with one attached hydrogen (secondary N) is 1. The molecule has 0 radical (unpaired) electrons. The monoisotopic (exact) mass is 267 g/mol. The number of nitro groups is 1. The molecule has 1 aromatic rings. The van der Waals surface area contributed by atoms with Gasteiger partial charge in [0.1, 0.15) is 0 Å². The summed E-state index contributed by atoms with van der Waals surface area (Å²) >= 11 is 0. The van der Waals surface area contributed by atoms with E-state index in [1.165, 1.54) is 12.1 Å². The Morgan fingerprint density at radius 2 is 2.26 bits per heavy atom. The molecule has 1 fully saturated rings. The van der Waals surface area contributed by atoms with Crippen LogP contribution in [0.3, 0.4) is 0 Å². The Balaban J connectivity index is 2.23. The zero-order valence-corrected chi connectivity index (χ0v) is 11.1. The first-order valence-electron chi connectivity index (χ1n) is 6.29. The summed E-state index contributed by atoms with van der Waals surface area (Å²) < 4.78 is 14.0. The molecule has 0 spiro atoms. The van der Waals surface area contributed by atoms with Gasteiger partial charge in [0.25, 0.3) is 0 Å². The van der Waals surface area contributed by atoms with Gasteiger partial charge in [0, 0.05) is 43.3 Å². The third-order valence-corrected chi connectivity index (χ3v) is 3.59. The minimum atomic E-state index is -0.721. The van der Waals surface area contributed by atoms with E-state index in [2.05, 4.69) is 24.1 Å². The van der Waals surface area contributed by atoms with Gasteiger partial charge >= 0.3 is 5.69 Å². The average molecular weight is 267 g/mol. The van der Waals surface area contributed by atoms with E-state index in [0.717, 1.165) is 19.6 Å². The summed E-state index contributed by atoms with van der Waals surface area (Å²) in [7, 11) is 0. The largest absolute Gasteiger partial charge is 0.314 e. The van der Waals surface area contributed by atoms with Crippen LogP contribution in [0, 0.1) is 15.9 Å². The third kappa shape index (κ3) is 2.90. The Kier molecular flexibility index (Phi) is 3.82. The third-order valence-electron chi connectivity index (χ3n) is 3.59. The molecule has 0 aromatic heterocycles. The van der Waals surface area contributed by atoms with E-state index in [0.29, 0.717) is 12.1 Å². The van der Waals surface area contributed by atoms with Gasteiger partial charge in [-0.3, -0.25) is 15.0 Å². The second-order valence-corrected chi connectivity index (χ2v) is 5.42. The summed E-state index contributed by atoms with van der Waals surface area (Å²) in [6.07, 6.45) is 0. The van der Waals surface area contributed by atoms with Crippen LogP contribution in [0.1, 0.15) is 19.4 Å². The molecule has 1 aliphatic rings. The molecule has 19 heavy (non-hydrogen) atoms. The van der Waals surface area contributed by atoms with Crippen molar-refractivity contribution in [3.05, 3.63) is 39.7 Å². The van der Waals surface area contributed by atoms with Gasteiger partial charge in [-0.15, -0.1) is 0 Å². The maximum absolute atomic E-state index is 14.0. The highest BCUT2D eigenvalue weighted by Crippen LogP contribution is 2.25. The van der Waals surface area contributed by atoms with Gasteiger partial charge in [-0.2, -0.15) is 4.39 Å². The second-order valence-electron chi connectivity index (χ2n) is 5.42. The van der Waals surface area contributed by atoms with Gasteiger partial charge in [0.05, 0.1) is 4.92 Å². The Bertz CT molecular complexity index is 491. The van der Waals surface area contributed by atoms with Crippen LogP contribution in [0.5, 0.6) is 0 Å². The van der Waals surface area contributed by atoms with E-state index >= 15 is 0 Å². The highest BCUT2D eigenvalue weighted by Gasteiger charge is 2.30. The maximum atomic E-state index is 14.0. The van der Waals surface area contributed by atoms with Crippen LogP contribution in [0.4, 0.5) is 10.1 Å². The van der Waals surface area contributed by atoms with E-state index < -0.39 is 16.4 Å². The molecule has 0 saturated carbocycles. The summed E-state index contributed by atoms with van der Waals surface area (Å²) in [4.78, 5) is 12.2. The number of nitrogens with zero attached hydrogens (tertiary/aromatic N) is 2. The second kappa shape index (κ2) is 5.22. The number of hydrogen-bond acceptors (Lipinski definition) is 4. The van der Waals surface area contributed by atoms with Crippen molar-refractivity contribution < 1.29 is 9.31 Å². The van der Waals surface area contributed by atoms with E-state index in [1.807, 2.05) is 0 Å². The van der Waals surface area contributed by atoms with Gasteiger partial charge in [-0.05, 0) is 13.8 Å². The lowest BCUT2D eigenvalue weighted by Gasteiger charge is -2.42. The summed E-state index contributed by atoms with van der Waals surface area (Å²) in [5.74, 6) is -0.721. The molecule has 0 bridgehead atoms. The summed E-state index contributed by atoms with van der Waals surface area (Å²) in [5, 5.41) is 14.0. The van der Waals surface area contributed by atoms with Crippen molar-refractivity contribution in [3.8, 4) is 0 Å². The fraction of sp³-hybridized carbons (Fsp3) is 0.538. The van der Waals surface area contributed by atoms with E-state index in [1.54, 1.807) is 6.07 Å². The quantitative estimate of drug-likeness (QED) is 0.671. The number of hydrogen-bond donors (Lipinski definition) is 1. The molecule has 104 valence electrons. The molecule has 1 heterocycles. The first-order chi connectivity index (χ1) is 8.92. The lowest BCUT2D eigenvalue weighted by atomic mass is 9.99. The van der Waals surface area contributed by atoms with Crippen LogP contribution < -0.4 is 5.32 Å². The molecule has 1 N–H and O–H groups in total. The topological polar surface area (TPSA) is 58.4 Å². The van der Waals surface area contributed by atoms with Gasteiger partial charge < -0.3 is 5.32 Å². The van der Waals surface area contributed by atoms with Crippen molar-refractivity contribution in [2.45, 2.75) is 25.9 Å². The van der Waals surface area contributed by atoms with Crippen molar-refractivity contribution in [2.24, 2.45) is 0 Å². The van der Waals surface area contributed by atoms with Crippen LogP contribution in [0.15, 0.2) is 18.2 Å². The average Bonchev–Trinajstić information content (AvgIpc) is 2.33. The SMILES string of the molecule is CC1(C)CNCCN1Cc1cccc([N+](=O)[O-])c1F. The fourth-order valence-electron chi connectivity index (χ4n) is 2.35. The first kappa shape index (κ1) is 13.9. The number of nitro benzene ring substituents is 1. The Hall–Kier alpha value is -1.53. The number of rotatable bonds is 3. The van der Waals surface area contributed by atoms with Crippen molar-refractivity contribution in [1.29, 1.82) is 0 Å². The van der Waals surface area contributed by atoms with Crippen LogP contribution >= 0.6 is 0 Å². The minimum Gasteiger partial charge on any atom is -0.314 e. The number of piperazine rings is 1. The number of halogens is 1. The lowest BCUT2D eigenvalue weighted by Crippen LogP contribution is -2.57. The highest BCUT2D eigenvalue weighted by molar-refractivity contribution is 5.36.